The lowest BCUT2D eigenvalue weighted by molar-refractivity contribution is -0.116. The quantitative estimate of drug-likeness (QED) is 0.672. The van der Waals surface area contributed by atoms with Crippen molar-refractivity contribution in [1.29, 1.82) is 0 Å². The molecule has 0 spiro atoms. The third-order valence-corrected chi connectivity index (χ3v) is 6.27. The second-order valence-electron chi connectivity index (χ2n) is 7.08. The van der Waals surface area contributed by atoms with Gasteiger partial charge in [-0.1, -0.05) is 30.3 Å². The molecule has 2 aromatic carbocycles. The largest absolute Gasteiger partial charge is 0.310 e. The van der Waals surface area contributed by atoms with Gasteiger partial charge in [0.05, 0.1) is 22.9 Å². The van der Waals surface area contributed by atoms with E-state index in [0.29, 0.717) is 35.6 Å². The third-order valence-electron chi connectivity index (χ3n) is 4.83. The van der Waals surface area contributed by atoms with E-state index in [2.05, 4.69) is 10.4 Å². The summed E-state index contributed by atoms with van der Waals surface area (Å²) in [6.45, 7) is 0. The number of fused-ring (bicyclic) bond motifs is 1. The number of amides is 1. The van der Waals surface area contributed by atoms with Gasteiger partial charge in [0, 0.05) is 12.0 Å². The molecule has 1 aliphatic heterocycles. The first kappa shape index (κ1) is 19.3. The highest BCUT2D eigenvalue weighted by Gasteiger charge is 2.33. The Morgan fingerprint density at radius 2 is 1.79 bits per heavy atom. The van der Waals surface area contributed by atoms with Crippen molar-refractivity contribution in [3.63, 3.8) is 0 Å². The van der Waals surface area contributed by atoms with Crippen molar-refractivity contribution in [1.82, 2.24) is 9.78 Å². The Kier molecular flexibility index (Phi) is 5.19. The molecule has 1 amide bonds. The average Bonchev–Trinajstić information content (AvgIpc) is 3.16. The third kappa shape index (κ3) is 4.37. The van der Waals surface area contributed by atoms with Crippen molar-refractivity contribution in [2.45, 2.75) is 30.8 Å². The van der Waals surface area contributed by atoms with Crippen molar-refractivity contribution >= 4 is 21.6 Å². The molecule has 1 N–H and O–H groups in total. The average molecular weight is 413 g/mol. The van der Waals surface area contributed by atoms with Gasteiger partial charge in [-0.2, -0.15) is 5.10 Å². The number of benzene rings is 2. The van der Waals surface area contributed by atoms with Gasteiger partial charge in [-0.15, -0.1) is 0 Å². The molecular weight excluding hydrogens is 393 g/mol. The summed E-state index contributed by atoms with van der Waals surface area (Å²) in [5.41, 5.74) is 2.64. The van der Waals surface area contributed by atoms with Crippen LogP contribution in [0.2, 0.25) is 0 Å². The maximum atomic E-state index is 13.3. The first-order valence-electron chi connectivity index (χ1n) is 9.32. The van der Waals surface area contributed by atoms with Gasteiger partial charge in [-0.05, 0) is 42.7 Å². The van der Waals surface area contributed by atoms with Gasteiger partial charge in [-0.3, -0.25) is 4.79 Å². The minimum Gasteiger partial charge on any atom is -0.310 e. The van der Waals surface area contributed by atoms with Crippen LogP contribution in [0, 0.1) is 5.82 Å². The minimum absolute atomic E-state index is 0.159. The molecule has 8 heteroatoms. The lowest BCUT2D eigenvalue weighted by Gasteiger charge is -2.11. The zero-order chi connectivity index (χ0) is 20.4. The molecule has 0 atom stereocenters. The van der Waals surface area contributed by atoms with E-state index >= 15 is 0 Å². The molecule has 6 nitrogen and oxygen atoms in total. The number of anilines is 1. The van der Waals surface area contributed by atoms with Crippen LogP contribution in [-0.4, -0.2) is 24.1 Å². The summed E-state index contributed by atoms with van der Waals surface area (Å²) in [6, 6.07) is 15.6. The summed E-state index contributed by atoms with van der Waals surface area (Å²) in [7, 11) is -3.27. The summed E-state index contributed by atoms with van der Waals surface area (Å²) in [6.07, 6.45) is 1.74. The molecule has 0 bridgehead atoms. The molecule has 3 aromatic rings. The number of hydrogen-bond acceptors (Lipinski definition) is 4. The van der Waals surface area contributed by atoms with Gasteiger partial charge < -0.3 is 5.32 Å². The molecule has 0 saturated carbocycles. The lowest BCUT2D eigenvalue weighted by Crippen LogP contribution is -2.16. The summed E-state index contributed by atoms with van der Waals surface area (Å²) in [5, 5.41) is 7.20. The van der Waals surface area contributed by atoms with Crippen LogP contribution >= 0.6 is 0 Å². The van der Waals surface area contributed by atoms with E-state index in [1.807, 2.05) is 30.3 Å². The van der Waals surface area contributed by atoms with Crippen LogP contribution in [0.3, 0.4) is 0 Å². The van der Waals surface area contributed by atoms with E-state index in [4.69, 9.17) is 0 Å². The van der Waals surface area contributed by atoms with E-state index in [-0.39, 0.29) is 23.2 Å². The van der Waals surface area contributed by atoms with Crippen molar-refractivity contribution in [3.05, 3.63) is 77.2 Å². The number of carbonyl (C=O) groups excluding carboxylic acids is 1. The maximum absolute atomic E-state index is 13.3. The van der Waals surface area contributed by atoms with Crippen LogP contribution in [-0.2, 0) is 32.6 Å². The Labute approximate surface area is 168 Å². The lowest BCUT2D eigenvalue weighted by atomic mass is 10.1. The highest BCUT2D eigenvalue weighted by molar-refractivity contribution is 7.90. The van der Waals surface area contributed by atoms with Crippen LogP contribution < -0.4 is 5.32 Å². The molecule has 0 saturated heterocycles. The predicted molar refractivity (Wildman–Crippen MR) is 108 cm³/mol. The summed E-state index contributed by atoms with van der Waals surface area (Å²) in [4.78, 5) is 12.5. The van der Waals surface area contributed by atoms with E-state index in [9.17, 15) is 17.6 Å². The van der Waals surface area contributed by atoms with Gasteiger partial charge in [0.1, 0.15) is 11.6 Å². The molecule has 0 fully saturated rings. The first-order chi connectivity index (χ1) is 13.9. The molecule has 29 heavy (non-hydrogen) atoms. The van der Waals surface area contributed by atoms with Crippen LogP contribution in [0.5, 0.6) is 0 Å². The fourth-order valence-electron chi connectivity index (χ4n) is 3.43. The number of nitrogens with one attached hydrogen (secondary N) is 1. The highest BCUT2D eigenvalue weighted by atomic mass is 32.2. The summed E-state index contributed by atoms with van der Waals surface area (Å²) >= 11 is 0. The molecule has 1 aromatic heterocycles. The number of nitrogens with zero attached hydrogens (tertiary/aromatic N) is 2. The monoisotopic (exact) mass is 413 g/mol. The standard InChI is InChI=1S/C21H20FN3O3S/c22-16-9-11-17(12-10-16)25-21(18-13-29(27,28)14-19(18)24-25)23-20(26)8-4-7-15-5-2-1-3-6-15/h1-3,5-6,9-12H,4,7-8,13-14H2,(H,23,26). The Bertz CT molecular complexity index is 1140. The van der Waals surface area contributed by atoms with Gasteiger partial charge in [0.2, 0.25) is 5.91 Å². The molecule has 0 unspecified atom stereocenters. The van der Waals surface area contributed by atoms with Gasteiger partial charge in [0.15, 0.2) is 9.84 Å². The molecule has 2 heterocycles. The SMILES string of the molecule is O=C(CCCc1ccccc1)Nc1c2c(nn1-c1ccc(F)cc1)CS(=O)(=O)C2. The Balaban J connectivity index is 1.53. The van der Waals surface area contributed by atoms with E-state index in [0.717, 1.165) is 12.0 Å². The normalized spacial score (nSPS) is 14.5. The molecule has 4 rings (SSSR count). The predicted octanol–water partition coefficient (Wildman–Crippen LogP) is 3.40. The molecule has 150 valence electrons. The van der Waals surface area contributed by atoms with Gasteiger partial charge in [-0.25, -0.2) is 17.5 Å². The van der Waals surface area contributed by atoms with E-state index in [1.54, 1.807) is 0 Å². The molecular formula is C21H20FN3O3S. The van der Waals surface area contributed by atoms with Crippen LogP contribution in [0.1, 0.15) is 29.7 Å². The van der Waals surface area contributed by atoms with Crippen LogP contribution in [0.4, 0.5) is 10.2 Å². The van der Waals surface area contributed by atoms with Crippen LogP contribution in [0.15, 0.2) is 54.6 Å². The van der Waals surface area contributed by atoms with Crippen molar-refractivity contribution in [3.8, 4) is 5.69 Å². The second kappa shape index (κ2) is 7.79. The molecule has 0 radical (unpaired) electrons. The summed E-state index contributed by atoms with van der Waals surface area (Å²) in [5.74, 6) is -0.576. The number of halogens is 1. The number of rotatable bonds is 6. The number of hydrogen-bond donors (Lipinski definition) is 1. The zero-order valence-corrected chi connectivity index (χ0v) is 16.5. The number of sulfone groups is 1. The summed E-state index contributed by atoms with van der Waals surface area (Å²) < 4.78 is 38.8. The Hall–Kier alpha value is -3.00. The molecule has 1 aliphatic rings. The van der Waals surface area contributed by atoms with Gasteiger partial charge in [0.25, 0.3) is 0 Å². The minimum atomic E-state index is -3.27. The smallest absolute Gasteiger partial charge is 0.225 e. The van der Waals surface area contributed by atoms with Crippen LogP contribution in [0.25, 0.3) is 5.69 Å². The second-order valence-corrected chi connectivity index (χ2v) is 9.15. The molecule has 0 aliphatic carbocycles. The van der Waals surface area contributed by atoms with Crippen molar-refractivity contribution in [2.24, 2.45) is 0 Å². The zero-order valence-electron chi connectivity index (χ0n) is 15.6. The number of carbonyl (C=O) groups is 1. The number of aryl methyl sites for hydroxylation is 1. The van der Waals surface area contributed by atoms with E-state index in [1.165, 1.54) is 28.9 Å². The number of aromatic nitrogens is 2. The Morgan fingerprint density at radius 3 is 2.52 bits per heavy atom. The fourth-order valence-corrected chi connectivity index (χ4v) is 4.93. The van der Waals surface area contributed by atoms with Crippen molar-refractivity contribution < 1.29 is 17.6 Å². The highest BCUT2D eigenvalue weighted by Crippen LogP contribution is 2.33. The first-order valence-corrected chi connectivity index (χ1v) is 11.1. The van der Waals surface area contributed by atoms with Crippen molar-refractivity contribution in [2.75, 3.05) is 5.32 Å². The van der Waals surface area contributed by atoms with Gasteiger partial charge >= 0.3 is 0 Å². The Morgan fingerprint density at radius 1 is 1.07 bits per heavy atom. The maximum Gasteiger partial charge on any atom is 0.225 e. The fraction of sp³-hybridized carbons (Fsp3) is 0.238. The topological polar surface area (TPSA) is 81.1 Å². The van der Waals surface area contributed by atoms with E-state index < -0.39 is 9.84 Å².